The Morgan fingerprint density at radius 1 is 1.03 bits per heavy atom. The highest BCUT2D eigenvalue weighted by Crippen LogP contribution is 2.35. The number of hydrogen-bond donors (Lipinski definition) is 0. The molecule has 190 valence electrons. The topological polar surface area (TPSA) is 93.2 Å². The second-order valence-electron chi connectivity index (χ2n) is 8.92. The SMILES string of the molecule is Cc1cc(/C=C2/SC(=Nc3ccc(N4CCOCC4)cc3)N(C)C2=O)c(C)n1-c1ccc([N+](=O)[O-])cc1. The number of aryl methyl sites for hydroxylation is 1. The van der Waals surface area contributed by atoms with Crippen LogP contribution >= 0.6 is 11.8 Å². The molecule has 0 saturated carbocycles. The van der Waals surface area contributed by atoms with Crippen molar-refractivity contribution < 1.29 is 14.5 Å². The average molecular weight is 518 g/mol. The number of non-ortho nitro benzene ring substituents is 1. The second kappa shape index (κ2) is 10.2. The minimum absolute atomic E-state index is 0.0482. The number of carbonyl (C=O) groups excluding carboxylic acids is 1. The van der Waals surface area contributed by atoms with E-state index in [1.54, 1.807) is 24.1 Å². The van der Waals surface area contributed by atoms with Gasteiger partial charge in [-0.1, -0.05) is 0 Å². The zero-order valence-electron chi connectivity index (χ0n) is 20.9. The molecule has 0 radical (unpaired) electrons. The third-order valence-electron chi connectivity index (χ3n) is 6.53. The van der Waals surface area contributed by atoms with Gasteiger partial charge in [0.25, 0.3) is 11.6 Å². The minimum atomic E-state index is -0.411. The van der Waals surface area contributed by atoms with Crippen LogP contribution in [0.1, 0.15) is 17.0 Å². The van der Waals surface area contributed by atoms with Crippen molar-refractivity contribution in [3.05, 3.63) is 86.6 Å². The first-order chi connectivity index (χ1) is 17.8. The standard InChI is InChI=1S/C27H27N5O4S/c1-18-16-20(19(2)31(18)23-8-10-24(11-9-23)32(34)35)17-25-26(33)29(3)27(37-25)28-21-4-6-22(7-5-21)30-12-14-36-15-13-30/h4-11,16-17H,12-15H2,1-3H3/b25-17+,28-27?. The summed E-state index contributed by atoms with van der Waals surface area (Å²) in [6.07, 6.45) is 1.89. The number of nitro groups is 1. The number of carbonyl (C=O) groups is 1. The summed E-state index contributed by atoms with van der Waals surface area (Å²) in [4.78, 5) is 32.8. The molecule has 2 saturated heterocycles. The number of thioether (sulfide) groups is 1. The van der Waals surface area contributed by atoms with Gasteiger partial charge in [0, 0.05) is 55.0 Å². The third-order valence-corrected chi connectivity index (χ3v) is 7.59. The molecular weight excluding hydrogens is 490 g/mol. The maximum Gasteiger partial charge on any atom is 0.269 e. The number of nitro benzene ring substituents is 1. The molecule has 0 atom stereocenters. The van der Waals surface area contributed by atoms with Gasteiger partial charge in [0.2, 0.25) is 0 Å². The predicted molar refractivity (Wildman–Crippen MR) is 147 cm³/mol. The first kappa shape index (κ1) is 24.8. The van der Waals surface area contributed by atoms with Crippen LogP contribution in [0.5, 0.6) is 0 Å². The fourth-order valence-electron chi connectivity index (χ4n) is 4.52. The van der Waals surface area contributed by atoms with Crippen molar-refractivity contribution in [1.29, 1.82) is 0 Å². The summed E-state index contributed by atoms with van der Waals surface area (Å²) in [5, 5.41) is 11.6. The number of ether oxygens (including phenoxy) is 1. The lowest BCUT2D eigenvalue weighted by Gasteiger charge is -2.28. The van der Waals surface area contributed by atoms with E-state index >= 15 is 0 Å². The zero-order chi connectivity index (χ0) is 26.1. The number of amides is 1. The van der Waals surface area contributed by atoms with Crippen molar-refractivity contribution in [1.82, 2.24) is 9.47 Å². The maximum absolute atomic E-state index is 13.0. The fraction of sp³-hybridized carbons (Fsp3) is 0.259. The molecule has 3 heterocycles. The van der Waals surface area contributed by atoms with Crippen molar-refractivity contribution >= 4 is 46.0 Å². The highest BCUT2D eigenvalue weighted by Gasteiger charge is 2.31. The van der Waals surface area contributed by atoms with Crippen molar-refractivity contribution in [3.63, 3.8) is 0 Å². The van der Waals surface area contributed by atoms with Gasteiger partial charge in [-0.3, -0.25) is 19.8 Å². The number of aromatic nitrogens is 1. The first-order valence-corrected chi connectivity index (χ1v) is 12.8. The number of anilines is 1. The van der Waals surface area contributed by atoms with Gasteiger partial charge in [-0.05, 0) is 79.7 Å². The lowest BCUT2D eigenvalue weighted by atomic mass is 10.2. The fourth-order valence-corrected chi connectivity index (χ4v) is 5.50. The van der Waals surface area contributed by atoms with Gasteiger partial charge in [0.1, 0.15) is 0 Å². The highest BCUT2D eigenvalue weighted by atomic mass is 32.2. The van der Waals surface area contributed by atoms with Crippen LogP contribution < -0.4 is 4.90 Å². The molecule has 1 amide bonds. The van der Waals surface area contributed by atoms with Gasteiger partial charge in [0.15, 0.2) is 5.17 Å². The molecule has 9 nitrogen and oxygen atoms in total. The van der Waals surface area contributed by atoms with Gasteiger partial charge >= 0.3 is 0 Å². The second-order valence-corrected chi connectivity index (χ2v) is 9.93. The summed E-state index contributed by atoms with van der Waals surface area (Å²) in [5.74, 6) is -0.103. The largest absolute Gasteiger partial charge is 0.378 e. The van der Waals surface area contributed by atoms with Crippen molar-refractivity contribution in [3.8, 4) is 5.69 Å². The molecule has 1 aromatic heterocycles. The van der Waals surface area contributed by atoms with Crippen LogP contribution in [0.3, 0.4) is 0 Å². The lowest BCUT2D eigenvalue weighted by Crippen LogP contribution is -2.36. The van der Waals surface area contributed by atoms with E-state index in [0.29, 0.717) is 10.1 Å². The molecule has 2 fully saturated rings. The minimum Gasteiger partial charge on any atom is -0.378 e. The molecule has 37 heavy (non-hydrogen) atoms. The summed E-state index contributed by atoms with van der Waals surface area (Å²) < 4.78 is 7.45. The number of hydrogen-bond acceptors (Lipinski definition) is 7. The van der Waals surface area contributed by atoms with Gasteiger partial charge < -0.3 is 14.2 Å². The molecule has 5 rings (SSSR count). The third kappa shape index (κ3) is 5.03. The van der Waals surface area contributed by atoms with E-state index < -0.39 is 4.92 Å². The summed E-state index contributed by atoms with van der Waals surface area (Å²) in [7, 11) is 1.73. The molecule has 0 spiro atoms. The number of rotatable bonds is 5. The van der Waals surface area contributed by atoms with Crippen LogP contribution in [0.25, 0.3) is 11.8 Å². The van der Waals surface area contributed by atoms with Gasteiger partial charge in [-0.2, -0.15) is 0 Å². The van der Waals surface area contributed by atoms with Gasteiger partial charge in [-0.25, -0.2) is 4.99 Å². The number of aliphatic imine (C=N–C) groups is 1. The Morgan fingerprint density at radius 2 is 1.68 bits per heavy atom. The summed E-state index contributed by atoms with van der Waals surface area (Å²) >= 11 is 1.35. The molecule has 0 bridgehead atoms. The Morgan fingerprint density at radius 3 is 2.32 bits per heavy atom. The molecule has 2 aliphatic heterocycles. The molecule has 0 unspecified atom stereocenters. The number of morpholine rings is 1. The van der Waals surface area contributed by atoms with Gasteiger partial charge in [0.05, 0.1) is 28.7 Å². The van der Waals surface area contributed by atoms with E-state index in [-0.39, 0.29) is 11.6 Å². The number of likely N-dealkylation sites (N-methyl/N-ethyl adjacent to an activating group) is 1. The van der Waals surface area contributed by atoms with Gasteiger partial charge in [-0.15, -0.1) is 0 Å². The van der Waals surface area contributed by atoms with Crippen LogP contribution in [0.15, 0.2) is 64.5 Å². The lowest BCUT2D eigenvalue weighted by molar-refractivity contribution is -0.384. The number of amidine groups is 1. The van der Waals surface area contributed by atoms with Crippen molar-refractivity contribution in [2.75, 3.05) is 38.3 Å². The first-order valence-electron chi connectivity index (χ1n) is 11.9. The maximum atomic E-state index is 13.0. The Labute approximate surface area is 219 Å². The normalized spacial score (nSPS) is 18.3. The summed E-state index contributed by atoms with van der Waals surface area (Å²) in [5.41, 5.74) is 5.63. The molecule has 2 aliphatic rings. The smallest absolute Gasteiger partial charge is 0.269 e. The van der Waals surface area contributed by atoms with E-state index in [0.717, 1.165) is 60.3 Å². The molecule has 0 aliphatic carbocycles. The van der Waals surface area contributed by atoms with Crippen LogP contribution in [-0.2, 0) is 9.53 Å². The summed E-state index contributed by atoms with van der Waals surface area (Å²) in [6.45, 7) is 7.16. The Kier molecular flexibility index (Phi) is 6.86. The van der Waals surface area contributed by atoms with Crippen LogP contribution in [-0.4, -0.2) is 58.8 Å². The molecular formula is C27H27N5O4S. The zero-order valence-corrected chi connectivity index (χ0v) is 21.7. The number of benzene rings is 2. The van der Waals surface area contributed by atoms with Crippen LogP contribution in [0, 0.1) is 24.0 Å². The van der Waals surface area contributed by atoms with E-state index in [2.05, 4.69) is 17.0 Å². The van der Waals surface area contributed by atoms with E-state index in [1.165, 1.54) is 23.9 Å². The van der Waals surface area contributed by atoms with E-state index in [1.807, 2.05) is 42.7 Å². The van der Waals surface area contributed by atoms with Crippen LogP contribution in [0.2, 0.25) is 0 Å². The highest BCUT2D eigenvalue weighted by molar-refractivity contribution is 8.18. The predicted octanol–water partition coefficient (Wildman–Crippen LogP) is 5.07. The molecule has 10 heteroatoms. The summed E-state index contributed by atoms with van der Waals surface area (Å²) in [6, 6.07) is 16.5. The van der Waals surface area contributed by atoms with Crippen molar-refractivity contribution in [2.45, 2.75) is 13.8 Å². The Hall–Kier alpha value is -3.89. The monoisotopic (exact) mass is 517 g/mol. The van der Waals surface area contributed by atoms with E-state index in [9.17, 15) is 14.9 Å². The molecule has 3 aromatic rings. The molecule has 0 N–H and O–H groups in total. The average Bonchev–Trinajstić information content (AvgIpc) is 3.34. The number of nitrogens with zero attached hydrogens (tertiary/aromatic N) is 5. The Bertz CT molecular complexity index is 1400. The van der Waals surface area contributed by atoms with E-state index in [4.69, 9.17) is 9.73 Å². The molecule has 2 aromatic carbocycles. The van der Waals surface area contributed by atoms with Crippen LogP contribution in [0.4, 0.5) is 17.1 Å². The Balaban J connectivity index is 1.37. The van der Waals surface area contributed by atoms with Crippen molar-refractivity contribution in [2.24, 2.45) is 4.99 Å². The quantitative estimate of drug-likeness (QED) is 0.266.